The minimum absolute atomic E-state index is 0.324. The summed E-state index contributed by atoms with van der Waals surface area (Å²) in [4.78, 5) is 11.8. The highest BCUT2D eigenvalue weighted by Gasteiger charge is 2.25. The van der Waals surface area contributed by atoms with Gasteiger partial charge in [0.05, 0.1) is 0 Å². The fraction of sp³-hybridized carbons (Fsp3) is 0.462. The zero-order valence-electron chi connectivity index (χ0n) is 8.84. The average Bonchev–Trinajstić information content (AvgIpc) is 2.87. The molecule has 14 heavy (non-hydrogen) atoms. The molecular weight excluding hydrogens is 172 g/mol. The van der Waals surface area contributed by atoms with Gasteiger partial charge in [-0.1, -0.05) is 23.8 Å². The third-order valence-electron chi connectivity index (χ3n) is 2.85. The maximum absolute atomic E-state index is 11.8. The molecule has 0 radical (unpaired) electrons. The van der Waals surface area contributed by atoms with Crippen molar-refractivity contribution in [3.8, 4) is 0 Å². The topological polar surface area (TPSA) is 17.1 Å². The van der Waals surface area contributed by atoms with E-state index < -0.39 is 0 Å². The number of hydrogen-bond donors (Lipinski definition) is 0. The van der Waals surface area contributed by atoms with Crippen molar-refractivity contribution < 1.29 is 4.79 Å². The summed E-state index contributed by atoms with van der Waals surface area (Å²) in [5.41, 5.74) is 3.27. The van der Waals surface area contributed by atoms with Gasteiger partial charge in [-0.2, -0.15) is 0 Å². The standard InChI is InChI=1S/C13H16O/c1-9-3-6-12(10(2)7-9)13(14)8-11-4-5-11/h3,6-7,11H,4-5,8H2,1-2H3. The Kier molecular flexibility index (Phi) is 2.40. The maximum Gasteiger partial charge on any atom is 0.163 e. The Morgan fingerprint density at radius 1 is 1.36 bits per heavy atom. The SMILES string of the molecule is Cc1ccc(C(=O)CC2CC2)c(C)c1. The molecule has 1 saturated carbocycles. The molecule has 0 heterocycles. The van der Waals surface area contributed by atoms with Crippen LogP contribution in [-0.4, -0.2) is 5.78 Å². The number of rotatable bonds is 3. The van der Waals surface area contributed by atoms with Gasteiger partial charge in [0.15, 0.2) is 5.78 Å². The minimum atomic E-state index is 0.324. The monoisotopic (exact) mass is 188 g/mol. The quantitative estimate of drug-likeness (QED) is 0.665. The molecule has 1 aromatic rings. The van der Waals surface area contributed by atoms with E-state index in [1.807, 2.05) is 19.1 Å². The van der Waals surface area contributed by atoms with Gasteiger partial charge < -0.3 is 0 Å². The third kappa shape index (κ3) is 2.03. The fourth-order valence-corrected chi connectivity index (χ4v) is 1.82. The van der Waals surface area contributed by atoms with Gasteiger partial charge in [0.25, 0.3) is 0 Å². The summed E-state index contributed by atoms with van der Waals surface area (Å²) in [5, 5.41) is 0. The number of hydrogen-bond acceptors (Lipinski definition) is 1. The van der Waals surface area contributed by atoms with Crippen LogP contribution in [-0.2, 0) is 0 Å². The molecule has 2 rings (SSSR count). The van der Waals surface area contributed by atoms with Crippen LogP contribution in [0.15, 0.2) is 18.2 Å². The van der Waals surface area contributed by atoms with E-state index in [9.17, 15) is 4.79 Å². The van der Waals surface area contributed by atoms with Crippen LogP contribution in [0.4, 0.5) is 0 Å². The molecule has 0 amide bonds. The lowest BCUT2D eigenvalue weighted by Gasteiger charge is -2.05. The summed E-state index contributed by atoms with van der Waals surface area (Å²) >= 11 is 0. The molecule has 0 spiro atoms. The Morgan fingerprint density at radius 3 is 2.64 bits per heavy atom. The molecule has 74 valence electrons. The van der Waals surface area contributed by atoms with Gasteiger partial charge in [0.2, 0.25) is 0 Å². The number of carbonyl (C=O) groups excluding carboxylic acids is 1. The second-order valence-electron chi connectivity index (χ2n) is 4.39. The Bertz CT molecular complexity index is 361. The Hall–Kier alpha value is -1.11. The largest absolute Gasteiger partial charge is 0.294 e. The van der Waals surface area contributed by atoms with E-state index in [0.29, 0.717) is 11.7 Å². The van der Waals surface area contributed by atoms with Crippen LogP contribution in [0.1, 0.15) is 40.7 Å². The van der Waals surface area contributed by atoms with Crippen LogP contribution in [0.3, 0.4) is 0 Å². The summed E-state index contributed by atoms with van der Waals surface area (Å²) in [6.45, 7) is 4.08. The minimum Gasteiger partial charge on any atom is -0.294 e. The molecule has 0 unspecified atom stereocenters. The van der Waals surface area contributed by atoms with Crippen LogP contribution in [0.25, 0.3) is 0 Å². The van der Waals surface area contributed by atoms with Crippen molar-refractivity contribution in [2.45, 2.75) is 33.1 Å². The van der Waals surface area contributed by atoms with Crippen molar-refractivity contribution in [2.75, 3.05) is 0 Å². The van der Waals surface area contributed by atoms with Crippen LogP contribution in [0, 0.1) is 19.8 Å². The molecule has 0 atom stereocenters. The van der Waals surface area contributed by atoms with Crippen molar-refractivity contribution in [3.63, 3.8) is 0 Å². The predicted octanol–water partition coefficient (Wildman–Crippen LogP) is 3.29. The van der Waals surface area contributed by atoms with Crippen molar-refractivity contribution >= 4 is 5.78 Å². The van der Waals surface area contributed by atoms with Gasteiger partial charge in [-0.25, -0.2) is 0 Å². The first-order valence-corrected chi connectivity index (χ1v) is 5.27. The summed E-state index contributed by atoms with van der Waals surface area (Å²) in [6.07, 6.45) is 3.25. The van der Waals surface area contributed by atoms with Crippen LogP contribution >= 0.6 is 0 Å². The molecular formula is C13H16O. The number of Topliss-reactive ketones (excluding diaryl/α,β-unsaturated/α-hetero) is 1. The highest BCUT2D eigenvalue weighted by atomic mass is 16.1. The molecule has 1 heteroatoms. The van der Waals surface area contributed by atoms with Crippen molar-refractivity contribution in [3.05, 3.63) is 34.9 Å². The molecule has 1 aromatic carbocycles. The number of carbonyl (C=O) groups is 1. The number of aryl methyl sites for hydroxylation is 2. The molecule has 0 aliphatic heterocycles. The lowest BCUT2D eigenvalue weighted by Crippen LogP contribution is -2.02. The molecule has 1 nitrogen and oxygen atoms in total. The predicted molar refractivity (Wildman–Crippen MR) is 57.6 cm³/mol. The number of ketones is 1. The molecule has 0 saturated heterocycles. The second kappa shape index (κ2) is 3.56. The second-order valence-corrected chi connectivity index (χ2v) is 4.39. The number of benzene rings is 1. The summed E-state index contributed by atoms with van der Waals surface area (Å²) in [7, 11) is 0. The van der Waals surface area contributed by atoms with Crippen molar-refractivity contribution in [1.82, 2.24) is 0 Å². The van der Waals surface area contributed by atoms with E-state index in [1.54, 1.807) is 0 Å². The van der Waals surface area contributed by atoms with Gasteiger partial charge in [-0.3, -0.25) is 4.79 Å². The maximum atomic E-state index is 11.8. The van der Waals surface area contributed by atoms with Gasteiger partial charge in [0, 0.05) is 12.0 Å². The van der Waals surface area contributed by atoms with Crippen molar-refractivity contribution in [2.24, 2.45) is 5.92 Å². The molecule has 0 N–H and O–H groups in total. The van der Waals surface area contributed by atoms with E-state index >= 15 is 0 Å². The van der Waals surface area contributed by atoms with E-state index in [2.05, 4.69) is 13.0 Å². The molecule has 1 aliphatic rings. The van der Waals surface area contributed by atoms with Gasteiger partial charge in [0.1, 0.15) is 0 Å². The fourth-order valence-electron chi connectivity index (χ4n) is 1.82. The first kappa shape index (κ1) is 9.45. The van der Waals surface area contributed by atoms with E-state index in [1.165, 1.54) is 18.4 Å². The zero-order valence-corrected chi connectivity index (χ0v) is 8.84. The molecule has 1 fully saturated rings. The van der Waals surface area contributed by atoms with Gasteiger partial charge in [-0.15, -0.1) is 0 Å². The van der Waals surface area contributed by atoms with Gasteiger partial charge >= 0.3 is 0 Å². The average molecular weight is 188 g/mol. The Labute approximate surface area is 85.1 Å². The van der Waals surface area contributed by atoms with Gasteiger partial charge in [-0.05, 0) is 38.2 Å². The van der Waals surface area contributed by atoms with Crippen LogP contribution in [0.5, 0.6) is 0 Å². The van der Waals surface area contributed by atoms with E-state index in [4.69, 9.17) is 0 Å². The lowest BCUT2D eigenvalue weighted by atomic mass is 9.99. The van der Waals surface area contributed by atoms with E-state index in [0.717, 1.165) is 17.5 Å². The Morgan fingerprint density at radius 2 is 2.07 bits per heavy atom. The lowest BCUT2D eigenvalue weighted by molar-refractivity contribution is 0.0975. The highest BCUT2D eigenvalue weighted by molar-refractivity contribution is 5.97. The van der Waals surface area contributed by atoms with Crippen LogP contribution < -0.4 is 0 Å². The van der Waals surface area contributed by atoms with Crippen LogP contribution in [0.2, 0.25) is 0 Å². The normalized spacial score (nSPS) is 15.6. The summed E-state index contributed by atoms with van der Waals surface area (Å²) < 4.78 is 0. The summed E-state index contributed by atoms with van der Waals surface area (Å²) in [5.74, 6) is 1.01. The highest BCUT2D eigenvalue weighted by Crippen LogP contribution is 2.33. The zero-order chi connectivity index (χ0) is 10.1. The molecule has 0 bridgehead atoms. The first-order valence-electron chi connectivity index (χ1n) is 5.27. The first-order chi connectivity index (χ1) is 6.66. The van der Waals surface area contributed by atoms with E-state index in [-0.39, 0.29) is 0 Å². The van der Waals surface area contributed by atoms with Crippen molar-refractivity contribution in [1.29, 1.82) is 0 Å². The smallest absolute Gasteiger partial charge is 0.163 e. The molecule has 1 aliphatic carbocycles. The molecule has 0 aromatic heterocycles. The third-order valence-corrected chi connectivity index (χ3v) is 2.85. The summed E-state index contributed by atoms with van der Waals surface area (Å²) in [6, 6.07) is 6.07. The Balaban J connectivity index is 2.17.